The van der Waals surface area contributed by atoms with Crippen LogP contribution in [0.25, 0.3) is 0 Å². The Morgan fingerprint density at radius 3 is 2.47 bits per heavy atom. The summed E-state index contributed by atoms with van der Waals surface area (Å²) in [6, 6.07) is 0.314. The number of rotatable bonds is 4. The minimum absolute atomic E-state index is 0.0661. The number of hydrogen-bond donors (Lipinski definition) is 2. The van der Waals surface area contributed by atoms with Crippen molar-refractivity contribution in [2.24, 2.45) is 16.1 Å². The van der Waals surface area contributed by atoms with Gasteiger partial charge in [-0.05, 0) is 34.1 Å². The molecule has 0 aromatic carbocycles. The summed E-state index contributed by atoms with van der Waals surface area (Å²) in [6.45, 7) is 17.0. The van der Waals surface area contributed by atoms with Gasteiger partial charge in [0, 0.05) is 11.5 Å². The lowest BCUT2D eigenvalue weighted by atomic mass is 9.64. The Balaban J connectivity index is 2.51. The van der Waals surface area contributed by atoms with Gasteiger partial charge in [-0.2, -0.15) is 0 Å². The molecule has 0 amide bonds. The van der Waals surface area contributed by atoms with Gasteiger partial charge in [0.15, 0.2) is 5.96 Å². The van der Waals surface area contributed by atoms with Gasteiger partial charge in [0.05, 0.1) is 18.2 Å². The second kappa shape index (κ2) is 5.53. The molecule has 4 nitrogen and oxygen atoms in total. The Kier molecular flexibility index (Phi) is 4.67. The Labute approximate surface area is 117 Å². The van der Waals surface area contributed by atoms with E-state index in [4.69, 9.17) is 10.5 Å². The van der Waals surface area contributed by atoms with Crippen LogP contribution in [0, 0.1) is 5.41 Å². The number of hydrogen-bond acceptors (Lipinski definition) is 2. The predicted octanol–water partition coefficient (Wildman–Crippen LogP) is 2.45. The predicted molar refractivity (Wildman–Crippen MR) is 81.3 cm³/mol. The summed E-state index contributed by atoms with van der Waals surface area (Å²) in [6.07, 6.45) is 1.23. The lowest BCUT2D eigenvalue weighted by molar-refractivity contribution is -0.170. The molecule has 0 saturated heterocycles. The molecule has 0 aromatic rings. The van der Waals surface area contributed by atoms with Gasteiger partial charge in [0.25, 0.3) is 0 Å². The maximum absolute atomic E-state index is 6.06. The Morgan fingerprint density at radius 2 is 2.05 bits per heavy atom. The first-order valence-corrected chi connectivity index (χ1v) is 6.91. The van der Waals surface area contributed by atoms with E-state index >= 15 is 0 Å². The van der Waals surface area contributed by atoms with Crippen molar-refractivity contribution in [2.75, 3.05) is 6.54 Å². The van der Waals surface area contributed by atoms with Crippen LogP contribution in [0.5, 0.6) is 0 Å². The van der Waals surface area contributed by atoms with Crippen molar-refractivity contribution in [3.05, 3.63) is 12.2 Å². The fourth-order valence-corrected chi connectivity index (χ4v) is 2.20. The van der Waals surface area contributed by atoms with Crippen molar-refractivity contribution in [1.82, 2.24) is 5.32 Å². The highest BCUT2D eigenvalue weighted by atomic mass is 16.5. The van der Waals surface area contributed by atoms with Gasteiger partial charge < -0.3 is 15.8 Å². The molecule has 4 heteroatoms. The molecule has 0 heterocycles. The highest BCUT2D eigenvalue weighted by Gasteiger charge is 2.50. The van der Waals surface area contributed by atoms with Crippen molar-refractivity contribution >= 4 is 5.96 Å². The largest absolute Gasteiger partial charge is 0.372 e. The van der Waals surface area contributed by atoms with Gasteiger partial charge in [-0.3, -0.25) is 0 Å². The standard InChI is InChI=1S/C15H29N3O/c1-10(2)9-17-13(16)18-11-8-12(15(11,6)7)19-14(3,4)5/h11-12H,1,8-9H2,2-7H3,(H3,16,17,18)/t11-,12+/m1/s1. The smallest absolute Gasteiger partial charge is 0.189 e. The van der Waals surface area contributed by atoms with Gasteiger partial charge in [-0.15, -0.1) is 0 Å². The fraction of sp³-hybridized carbons (Fsp3) is 0.800. The lowest BCUT2D eigenvalue weighted by Crippen LogP contribution is -2.64. The summed E-state index contributed by atoms with van der Waals surface area (Å²) in [4.78, 5) is 4.25. The summed E-state index contributed by atoms with van der Waals surface area (Å²) >= 11 is 0. The molecule has 3 N–H and O–H groups in total. The van der Waals surface area contributed by atoms with Crippen molar-refractivity contribution in [2.45, 2.75) is 65.7 Å². The molecule has 1 aliphatic rings. The third-order valence-corrected chi connectivity index (χ3v) is 3.51. The normalized spacial score (nSPS) is 26.7. The molecule has 2 atom stereocenters. The number of guanidine groups is 1. The van der Waals surface area contributed by atoms with Crippen LogP contribution in [-0.4, -0.2) is 30.3 Å². The zero-order chi connectivity index (χ0) is 14.8. The molecular formula is C15H29N3O. The van der Waals surface area contributed by atoms with Crippen molar-refractivity contribution in [3.8, 4) is 0 Å². The molecule has 0 unspecified atom stereocenters. The summed E-state index contributed by atoms with van der Waals surface area (Å²) < 4.78 is 6.06. The van der Waals surface area contributed by atoms with E-state index < -0.39 is 0 Å². The van der Waals surface area contributed by atoms with E-state index in [1.165, 1.54) is 0 Å². The van der Waals surface area contributed by atoms with Gasteiger partial charge in [-0.25, -0.2) is 4.99 Å². The number of nitrogens with zero attached hydrogens (tertiary/aromatic N) is 1. The van der Waals surface area contributed by atoms with Gasteiger partial charge in [-0.1, -0.05) is 26.0 Å². The molecule has 0 bridgehead atoms. The van der Waals surface area contributed by atoms with E-state index in [9.17, 15) is 0 Å². The maximum atomic E-state index is 6.06. The van der Waals surface area contributed by atoms with Crippen molar-refractivity contribution < 1.29 is 4.74 Å². The zero-order valence-corrected chi connectivity index (χ0v) is 13.2. The van der Waals surface area contributed by atoms with Crippen LogP contribution >= 0.6 is 0 Å². The van der Waals surface area contributed by atoms with Crippen LogP contribution in [0.2, 0.25) is 0 Å². The van der Waals surface area contributed by atoms with Gasteiger partial charge >= 0.3 is 0 Å². The summed E-state index contributed by atoms with van der Waals surface area (Å²) in [7, 11) is 0. The highest BCUT2D eigenvalue weighted by Crippen LogP contribution is 2.44. The van der Waals surface area contributed by atoms with E-state index in [0.717, 1.165) is 12.0 Å². The molecule has 0 radical (unpaired) electrons. The molecule has 0 spiro atoms. The number of nitrogens with two attached hydrogens (primary N) is 1. The molecule has 110 valence electrons. The third-order valence-electron chi connectivity index (χ3n) is 3.51. The van der Waals surface area contributed by atoms with Crippen LogP contribution in [0.3, 0.4) is 0 Å². The molecular weight excluding hydrogens is 238 g/mol. The molecule has 1 saturated carbocycles. The van der Waals surface area contributed by atoms with Crippen molar-refractivity contribution in [3.63, 3.8) is 0 Å². The monoisotopic (exact) mass is 267 g/mol. The van der Waals surface area contributed by atoms with E-state index in [0.29, 0.717) is 18.5 Å². The molecule has 19 heavy (non-hydrogen) atoms. The van der Waals surface area contributed by atoms with Crippen LogP contribution in [-0.2, 0) is 4.74 Å². The second-order valence-electron chi connectivity index (χ2n) is 7.13. The van der Waals surface area contributed by atoms with Crippen LogP contribution < -0.4 is 11.1 Å². The first-order valence-electron chi connectivity index (χ1n) is 6.91. The van der Waals surface area contributed by atoms with Gasteiger partial charge in [0.1, 0.15) is 0 Å². The van der Waals surface area contributed by atoms with E-state index in [1.807, 2.05) is 6.92 Å². The van der Waals surface area contributed by atoms with Gasteiger partial charge in [0.2, 0.25) is 0 Å². The molecule has 1 rings (SSSR count). The number of aliphatic imine (C=N–C) groups is 1. The van der Waals surface area contributed by atoms with Crippen molar-refractivity contribution in [1.29, 1.82) is 0 Å². The average molecular weight is 267 g/mol. The van der Waals surface area contributed by atoms with E-state index in [1.54, 1.807) is 0 Å². The van der Waals surface area contributed by atoms with Crippen LogP contribution in [0.15, 0.2) is 17.1 Å². The first kappa shape index (κ1) is 16.0. The summed E-state index contributed by atoms with van der Waals surface area (Å²) in [5.41, 5.74) is 6.85. The van der Waals surface area contributed by atoms with E-state index in [-0.39, 0.29) is 17.1 Å². The second-order valence-corrected chi connectivity index (χ2v) is 7.13. The number of nitrogens with one attached hydrogen (secondary N) is 1. The molecule has 0 aromatic heterocycles. The Hall–Kier alpha value is -1.03. The maximum Gasteiger partial charge on any atom is 0.189 e. The fourth-order valence-electron chi connectivity index (χ4n) is 2.20. The first-order chi connectivity index (χ1) is 8.52. The molecule has 0 aliphatic heterocycles. The Bertz CT molecular complexity index is 366. The van der Waals surface area contributed by atoms with Crippen LogP contribution in [0.1, 0.15) is 48.0 Å². The third kappa shape index (κ3) is 4.53. The van der Waals surface area contributed by atoms with Crippen LogP contribution in [0.4, 0.5) is 0 Å². The topological polar surface area (TPSA) is 59.6 Å². The Morgan fingerprint density at radius 1 is 1.47 bits per heavy atom. The minimum Gasteiger partial charge on any atom is -0.372 e. The summed E-state index contributed by atoms with van der Waals surface area (Å²) in [5, 5.41) is 3.28. The minimum atomic E-state index is -0.105. The molecule has 1 aliphatic carbocycles. The average Bonchev–Trinajstić information content (AvgIpc) is 2.23. The quantitative estimate of drug-likeness (QED) is 0.467. The highest BCUT2D eigenvalue weighted by molar-refractivity contribution is 5.78. The number of ether oxygens (including phenoxy) is 1. The summed E-state index contributed by atoms with van der Waals surface area (Å²) in [5.74, 6) is 0.496. The molecule has 1 fully saturated rings. The zero-order valence-electron chi connectivity index (χ0n) is 13.2. The lowest BCUT2D eigenvalue weighted by Gasteiger charge is -2.53. The van der Waals surface area contributed by atoms with E-state index in [2.05, 4.69) is 51.5 Å². The SMILES string of the molecule is C=C(C)CN=C(N)N[C@@H]1C[C@H](OC(C)(C)C)C1(C)C.